The van der Waals surface area contributed by atoms with Gasteiger partial charge >= 0.3 is 0 Å². The topological polar surface area (TPSA) is 28.7 Å². The maximum absolute atomic E-state index is 5.33. The van der Waals surface area contributed by atoms with Crippen LogP contribution in [0.3, 0.4) is 0 Å². The molecule has 3 heteroatoms. The Labute approximate surface area is 108 Å². The lowest BCUT2D eigenvalue weighted by atomic mass is 10.0. The third-order valence-electron chi connectivity index (χ3n) is 4.32. The van der Waals surface area contributed by atoms with Crippen LogP contribution in [-0.2, 0) is 0 Å². The minimum atomic E-state index is 0.637. The first-order chi connectivity index (χ1) is 8.33. The first-order valence-electron chi connectivity index (χ1n) is 6.94. The lowest BCUT2D eigenvalue weighted by molar-refractivity contribution is 0.631. The van der Waals surface area contributed by atoms with Gasteiger partial charge in [-0.05, 0) is 37.7 Å². The van der Waals surface area contributed by atoms with Crippen LogP contribution in [0.4, 0.5) is 0 Å². The summed E-state index contributed by atoms with van der Waals surface area (Å²) < 4.78 is 0.785. The largest absolute Gasteiger partial charge is 0.347 e. The van der Waals surface area contributed by atoms with Crippen molar-refractivity contribution < 1.29 is 0 Å². The van der Waals surface area contributed by atoms with E-state index in [1.165, 1.54) is 57.1 Å². The Kier molecular flexibility index (Phi) is 3.28. The monoisotopic (exact) mass is 248 g/mol. The molecule has 17 heavy (non-hydrogen) atoms. The second kappa shape index (κ2) is 4.89. The summed E-state index contributed by atoms with van der Waals surface area (Å²) in [5.41, 5.74) is 1.35. The van der Waals surface area contributed by atoms with E-state index in [9.17, 15) is 0 Å². The molecule has 2 saturated carbocycles. The highest BCUT2D eigenvalue weighted by molar-refractivity contribution is 7.71. The molecular weight excluding hydrogens is 228 g/mol. The van der Waals surface area contributed by atoms with Crippen LogP contribution in [-0.4, -0.2) is 9.97 Å². The fourth-order valence-electron chi connectivity index (χ4n) is 3.35. The minimum absolute atomic E-state index is 0.637. The summed E-state index contributed by atoms with van der Waals surface area (Å²) in [5, 5.41) is 0. The van der Waals surface area contributed by atoms with Crippen LogP contribution in [0.1, 0.15) is 74.7 Å². The number of hydrogen-bond acceptors (Lipinski definition) is 2. The summed E-state index contributed by atoms with van der Waals surface area (Å²) in [6, 6.07) is 2.09. The van der Waals surface area contributed by atoms with Crippen molar-refractivity contribution in [2.24, 2.45) is 0 Å². The van der Waals surface area contributed by atoms with E-state index in [0.29, 0.717) is 11.8 Å². The molecule has 92 valence electrons. The Morgan fingerprint density at radius 2 is 1.59 bits per heavy atom. The summed E-state index contributed by atoms with van der Waals surface area (Å²) in [6.45, 7) is 0. The Morgan fingerprint density at radius 3 is 2.24 bits per heavy atom. The van der Waals surface area contributed by atoms with Crippen molar-refractivity contribution >= 4 is 12.2 Å². The molecule has 2 aliphatic rings. The van der Waals surface area contributed by atoms with E-state index >= 15 is 0 Å². The summed E-state index contributed by atoms with van der Waals surface area (Å²) in [5.74, 6) is 2.51. The zero-order valence-electron chi connectivity index (χ0n) is 10.2. The molecule has 0 unspecified atom stereocenters. The number of H-pyrrole nitrogens is 1. The molecule has 1 N–H and O–H groups in total. The number of aromatic nitrogens is 2. The third-order valence-corrected chi connectivity index (χ3v) is 4.53. The average molecular weight is 248 g/mol. The molecular formula is C14H20N2S. The van der Waals surface area contributed by atoms with E-state index in [0.717, 1.165) is 10.5 Å². The standard InChI is InChI=1S/C14H20N2S/c17-13-9-12(10-5-1-2-6-10)15-14(16-13)11-7-3-4-8-11/h9-11H,1-8H2,(H,15,16,17). The molecule has 0 aromatic carbocycles. The molecule has 3 rings (SSSR count). The number of nitrogens with zero attached hydrogens (tertiary/aromatic N) is 1. The van der Waals surface area contributed by atoms with Crippen LogP contribution < -0.4 is 0 Å². The zero-order chi connectivity index (χ0) is 11.7. The Hall–Kier alpha value is -0.700. The second-order valence-corrected chi connectivity index (χ2v) is 5.94. The lowest BCUT2D eigenvalue weighted by Crippen LogP contribution is -2.06. The highest BCUT2D eigenvalue weighted by Gasteiger charge is 2.22. The van der Waals surface area contributed by atoms with Gasteiger partial charge < -0.3 is 4.98 Å². The summed E-state index contributed by atoms with van der Waals surface area (Å²) in [4.78, 5) is 8.14. The normalized spacial score (nSPS) is 22.4. The van der Waals surface area contributed by atoms with E-state index < -0.39 is 0 Å². The van der Waals surface area contributed by atoms with E-state index in [-0.39, 0.29) is 0 Å². The van der Waals surface area contributed by atoms with E-state index in [2.05, 4.69) is 16.0 Å². The molecule has 1 aromatic heterocycles. The maximum Gasteiger partial charge on any atom is 0.130 e. The summed E-state index contributed by atoms with van der Waals surface area (Å²) >= 11 is 5.33. The van der Waals surface area contributed by atoms with Crippen LogP contribution in [0.15, 0.2) is 6.07 Å². The van der Waals surface area contributed by atoms with Crippen molar-refractivity contribution in [2.45, 2.75) is 63.2 Å². The van der Waals surface area contributed by atoms with Crippen molar-refractivity contribution in [3.8, 4) is 0 Å². The van der Waals surface area contributed by atoms with Gasteiger partial charge in [-0.3, -0.25) is 0 Å². The highest BCUT2D eigenvalue weighted by atomic mass is 32.1. The molecule has 2 nitrogen and oxygen atoms in total. The van der Waals surface area contributed by atoms with Gasteiger partial charge in [-0.2, -0.15) is 0 Å². The van der Waals surface area contributed by atoms with Crippen molar-refractivity contribution in [1.29, 1.82) is 0 Å². The van der Waals surface area contributed by atoms with Gasteiger partial charge in [-0.15, -0.1) is 0 Å². The van der Waals surface area contributed by atoms with Crippen molar-refractivity contribution in [1.82, 2.24) is 9.97 Å². The molecule has 0 atom stereocenters. The predicted octanol–water partition coefficient (Wildman–Crippen LogP) is 4.45. The zero-order valence-corrected chi connectivity index (χ0v) is 11.1. The van der Waals surface area contributed by atoms with Gasteiger partial charge in [-0.1, -0.05) is 37.9 Å². The average Bonchev–Trinajstić information content (AvgIpc) is 3.02. The minimum Gasteiger partial charge on any atom is -0.347 e. The molecule has 0 saturated heterocycles. The van der Waals surface area contributed by atoms with Gasteiger partial charge in [0.2, 0.25) is 0 Å². The lowest BCUT2D eigenvalue weighted by Gasteiger charge is -2.14. The van der Waals surface area contributed by atoms with Gasteiger partial charge in [0.05, 0.1) is 0 Å². The van der Waals surface area contributed by atoms with Crippen molar-refractivity contribution in [2.75, 3.05) is 0 Å². The molecule has 0 spiro atoms. The van der Waals surface area contributed by atoms with Gasteiger partial charge in [0.15, 0.2) is 0 Å². The molecule has 0 radical (unpaired) electrons. The van der Waals surface area contributed by atoms with E-state index in [1.807, 2.05) is 0 Å². The predicted molar refractivity (Wildman–Crippen MR) is 71.8 cm³/mol. The van der Waals surface area contributed by atoms with Gasteiger partial charge in [0.1, 0.15) is 10.5 Å². The van der Waals surface area contributed by atoms with Gasteiger partial charge in [0.25, 0.3) is 0 Å². The number of rotatable bonds is 2. The third kappa shape index (κ3) is 2.44. The number of hydrogen-bond donors (Lipinski definition) is 1. The Bertz CT molecular complexity index is 403. The van der Waals surface area contributed by atoms with Crippen LogP contribution in [0.2, 0.25) is 0 Å². The maximum atomic E-state index is 5.33. The molecule has 1 heterocycles. The first kappa shape index (κ1) is 11.4. The van der Waals surface area contributed by atoms with Crippen LogP contribution in [0.25, 0.3) is 0 Å². The van der Waals surface area contributed by atoms with Crippen LogP contribution in [0, 0.1) is 4.64 Å². The molecule has 2 fully saturated rings. The second-order valence-electron chi connectivity index (χ2n) is 5.52. The van der Waals surface area contributed by atoms with Crippen molar-refractivity contribution in [3.05, 3.63) is 22.2 Å². The van der Waals surface area contributed by atoms with Gasteiger partial charge in [0, 0.05) is 11.6 Å². The van der Waals surface area contributed by atoms with Crippen LogP contribution in [0.5, 0.6) is 0 Å². The molecule has 2 aliphatic carbocycles. The summed E-state index contributed by atoms with van der Waals surface area (Å²) in [6.07, 6.45) is 10.6. The highest BCUT2D eigenvalue weighted by Crippen LogP contribution is 2.35. The van der Waals surface area contributed by atoms with E-state index in [4.69, 9.17) is 12.2 Å². The Balaban J connectivity index is 1.91. The van der Waals surface area contributed by atoms with Crippen molar-refractivity contribution in [3.63, 3.8) is 0 Å². The first-order valence-corrected chi connectivity index (χ1v) is 7.35. The van der Waals surface area contributed by atoms with Crippen LogP contribution >= 0.6 is 12.2 Å². The Morgan fingerprint density at radius 1 is 1.00 bits per heavy atom. The SMILES string of the molecule is S=c1cc(C2CCCC2)[nH]c(C2CCCC2)n1. The molecule has 1 aromatic rings. The summed E-state index contributed by atoms with van der Waals surface area (Å²) in [7, 11) is 0. The molecule has 0 aliphatic heterocycles. The molecule has 0 amide bonds. The number of aromatic amines is 1. The quantitative estimate of drug-likeness (QED) is 0.783. The fraction of sp³-hybridized carbons (Fsp3) is 0.714. The van der Waals surface area contributed by atoms with Gasteiger partial charge in [-0.25, -0.2) is 4.98 Å². The fourth-order valence-corrected chi connectivity index (χ4v) is 3.57. The van der Waals surface area contributed by atoms with E-state index in [1.54, 1.807) is 0 Å². The smallest absolute Gasteiger partial charge is 0.130 e. The molecule has 0 bridgehead atoms. The number of nitrogens with one attached hydrogen (secondary N) is 1.